The summed E-state index contributed by atoms with van der Waals surface area (Å²) < 4.78 is 10.5. The SMILES string of the molecule is C[C@H](CC(=O)[C@@H](CCc1ccccc1)NC(=O)OC(C)(C)C)C(=O)O.Cc1nc(N)ccc1CNC(=O)[C@H](C)CC(=O)[C@@H](CCc1ccccc1)NC(=O)OC(C)(C)C. The Kier molecular flexibility index (Phi) is 19.7. The lowest BCUT2D eigenvalue weighted by Crippen LogP contribution is -2.44. The van der Waals surface area contributed by atoms with Gasteiger partial charge in [-0.2, -0.15) is 0 Å². The zero-order valence-corrected chi connectivity index (χ0v) is 35.9. The molecule has 3 aromatic rings. The number of benzene rings is 2. The van der Waals surface area contributed by atoms with Gasteiger partial charge >= 0.3 is 18.2 Å². The molecule has 322 valence electrons. The Labute approximate surface area is 348 Å². The quantitative estimate of drug-likeness (QED) is 0.0890. The molecule has 0 saturated carbocycles. The van der Waals surface area contributed by atoms with Gasteiger partial charge in [0.1, 0.15) is 17.0 Å². The molecule has 0 bridgehead atoms. The first-order valence-corrected chi connectivity index (χ1v) is 19.9. The van der Waals surface area contributed by atoms with E-state index in [0.29, 0.717) is 38.0 Å². The average molecular weight is 818 g/mol. The topological polar surface area (TPSA) is 216 Å². The lowest BCUT2D eigenvalue weighted by atomic mass is 9.95. The van der Waals surface area contributed by atoms with Crippen LogP contribution in [0.1, 0.15) is 103 Å². The number of Topliss-reactive ketones (excluding diaryl/α,β-unsaturated/α-hetero) is 2. The molecule has 0 saturated heterocycles. The highest BCUT2D eigenvalue weighted by molar-refractivity contribution is 5.92. The Morgan fingerprint density at radius 2 is 1.10 bits per heavy atom. The lowest BCUT2D eigenvalue weighted by Gasteiger charge is -2.24. The number of carboxylic acid groups (broad SMARTS) is 1. The van der Waals surface area contributed by atoms with E-state index in [-0.39, 0.29) is 30.3 Å². The van der Waals surface area contributed by atoms with Crippen molar-refractivity contribution in [3.8, 4) is 0 Å². The second-order valence-electron chi connectivity index (χ2n) is 16.6. The molecule has 4 atom stereocenters. The monoisotopic (exact) mass is 817 g/mol. The van der Waals surface area contributed by atoms with E-state index >= 15 is 0 Å². The highest BCUT2D eigenvalue weighted by Gasteiger charge is 2.28. The minimum absolute atomic E-state index is 0.0000571. The highest BCUT2D eigenvalue weighted by Crippen LogP contribution is 2.16. The van der Waals surface area contributed by atoms with Crippen molar-refractivity contribution in [2.45, 2.75) is 131 Å². The molecule has 0 unspecified atom stereocenters. The largest absolute Gasteiger partial charge is 0.481 e. The van der Waals surface area contributed by atoms with Gasteiger partial charge in [0.2, 0.25) is 5.91 Å². The fraction of sp³-hybridized carbons (Fsp3) is 0.489. The van der Waals surface area contributed by atoms with Gasteiger partial charge in [0, 0.05) is 31.0 Å². The average Bonchev–Trinajstić information content (AvgIpc) is 3.14. The molecule has 0 aliphatic rings. The number of pyridine rings is 1. The van der Waals surface area contributed by atoms with E-state index in [2.05, 4.69) is 20.9 Å². The van der Waals surface area contributed by atoms with E-state index in [1.54, 1.807) is 54.5 Å². The zero-order chi connectivity index (χ0) is 44.3. The van der Waals surface area contributed by atoms with Gasteiger partial charge < -0.3 is 36.3 Å². The molecule has 59 heavy (non-hydrogen) atoms. The number of hydrogen-bond donors (Lipinski definition) is 5. The maximum atomic E-state index is 13.1. The van der Waals surface area contributed by atoms with Crippen LogP contribution in [0.25, 0.3) is 0 Å². The van der Waals surface area contributed by atoms with E-state index in [1.807, 2.05) is 73.7 Å². The van der Waals surface area contributed by atoms with E-state index in [9.17, 15) is 28.8 Å². The van der Waals surface area contributed by atoms with E-state index in [1.165, 1.54) is 6.92 Å². The van der Waals surface area contributed by atoms with Crippen LogP contribution in [-0.4, -0.2) is 69.0 Å². The summed E-state index contributed by atoms with van der Waals surface area (Å²) in [6.45, 7) is 15.8. The number of hydrogen-bond acceptors (Lipinski definition) is 10. The lowest BCUT2D eigenvalue weighted by molar-refractivity contribution is -0.143. The Hall–Kier alpha value is -5.79. The molecule has 2 aromatic carbocycles. The van der Waals surface area contributed by atoms with Gasteiger partial charge in [-0.05, 0) is 96.9 Å². The van der Waals surface area contributed by atoms with Crippen LogP contribution in [0.15, 0.2) is 72.8 Å². The van der Waals surface area contributed by atoms with Gasteiger partial charge in [0.25, 0.3) is 0 Å². The smallest absolute Gasteiger partial charge is 0.408 e. The van der Waals surface area contributed by atoms with Gasteiger partial charge in [-0.1, -0.05) is 80.6 Å². The molecule has 0 fully saturated rings. The van der Waals surface area contributed by atoms with Gasteiger partial charge in [-0.3, -0.25) is 19.2 Å². The summed E-state index contributed by atoms with van der Waals surface area (Å²) in [6.07, 6.45) is 0.529. The van der Waals surface area contributed by atoms with Crippen molar-refractivity contribution in [3.63, 3.8) is 0 Å². The molecule has 0 aliphatic carbocycles. The number of ether oxygens (including phenoxy) is 2. The van der Waals surface area contributed by atoms with Gasteiger partial charge in [0.15, 0.2) is 11.6 Å². The normalized spacial score (nSPS) is 13.2. The summed E-state index contributed by atoms with van der Waals surface area (Å²) in [5, 5.41) is 17.1. The molecule has 0 spiro atoms. The predicted molar refractivity (Wildman–Crippen MR) is 226 cm³/mol. The third kappa shape index (κ3) is 20.5. The van der Waals surface area contributed by atoms with E-state index in [4.69, 9.17) is 20.3 Å². The second-order valence-corrected chi connectivity index (χ2v) is 16.6. The van der Waals surface area contributed by atoms with E-state index in [0.717, 1.165) is 22.4 Å². The van der Waals surface area contributed by atoms with Gasteiger partial charge in [-0.25, -0.2) is 14.6 Å². The summed E-state index contributed by atoms with van der Waals surface area (Å²) in [5.41, 5.74) is 8.01. The van der Waals surface area contributed by atoms with Crippen LogP contribution >= 0.6 is 0 Å². The summed E-state index contributed by atoms with van der Waals surface area (Å²) in [6, 6.07) is 21.3. The van der Waals surface area contributed by atoms with Crippen molar-refractivity contribution in [2.24, 2.45) is 11.8 Å². The Balaban J connectivity index is 0.000000427. The number of ketones is 2. The fourth-order valence-electron chi connectivity index (χ4n) is 5.66. The van der Waals surface area contributed by atoms with Gasteiger partial charge in [-0.15, -0.1) is 0 Å². The standard InChI is InChI=1S/C26H36N4O4.C19H27NO5/c1-17(24(32)28-16-20-12-14-23(27)29-18(20)2)15-22(31)21(30-25(33)34-26(3,4)5)13-11-19-9-7-6-8-10-19;1-13(17(22)23)12-16(21)15(20-18(24)25-19(2,3)4)11-10-14-8-6-5-7-9-14/h6-10,12,14,17,21H,11,13,15-16H2,1-5H3,(H2,27,29)(H,28,32)(H,30,33);5-9,13,15H,10-12H2,1-4H3,(H,20,24)(H,22,23)/t17-,21-;13-,15-/m11/s1. The molecule has 14 heteroatoms. The van der Waals surface area contributed by atoms with Crippen molar-refractivity contribution in [2.75, 3.05) is 5.73 Å². The minimum atomic E-state index is -1.03. The molecule has 3 rings (SSSR count). The summed E-state index contributed by atoms with van der Waals surface area (Å²) in [5.74, 6) is -2.74. The maximum Gasteiger partial charge on any atom is 0.408 e. The van der Waals surface area contributed by atoms with Crippen LogP contribution in [0.5, 0.6) is 0 Å². The summed E-state index contributed by atoms with van der Waals surface area (Å²) >= 11 is 0. The van der Waals surface area contributed by atoms with Crippen LogP contribution in [0.3, 0.4) is 0 Å². The molecular formula is C45H63N5O9. The van der Waals surface area contributed by atoms with Crippen LogP contribution in [0.2, 0.25) is 0 Å². The number of anilines is 1. The fourth-order valence-corrected chi connectivity index (χ4v) is 5.66. The van der Waals surface area contributed by atoms with Crippen molar-refractivity contribution < 1.29 is 43.3 Å². The van der Waals surface area contributed by atoms with Crippen molar-refractivity contribution in [1.29, 1.82) is 0 Å². The number of carboxylic acids is 1. The molecule has 1 aromatic heterocycles. The molecular weight excluding hydrogens is 755 g/mol. The first kappa shape index (κ1) is 49.4. The zero-order valence-electron chi connectivity index (χ0n) is 35.9. The minimum Gasteiger partial charge on any atom is -0.481 e. The molecule has 3 amide bonds. The Bertz CT molecular complexity index is 1840. The Morgan fingerprint density at radius 1 is 0.678 bits per heavy atom. The number of nitrogens with one attached hydrogen (secondary N) is 3. The number of aromatic nitrogens is 1. The maximum absolute atomic E-state index is 13.1. The molecule has 0 aliphatic heterocycles. The molecule has 6 N–H and O–H groups in total. The number of aliphatic carboxylic acids is 1. The number of nitrogens with two attached hydrogens (primary N) is 1. The van der Waals surface area contributed by atoms with Gasteiger partial charge in [0.05, 0.1) is 18.0 Å². The highest BCUT2D eigenvalue weighted by atomic mass is 16.6. The van der Waals surface area contributed by atoms with Crippen LogP contribution in [0.4, 0.5) is 15.4 Å². The van der Waals surface area contributed by atoms with Crippen molar-refractivity contribution in [1.82, 2.24) is 20.9 Å². The van der Waals surface area contributed by atoms with Crippen LogP contribution in [-0.2, 0) is 48.0 Å². The first-order chi connectivity index (χ1) is 27.5. The number of nitrogens with zero attached hydrogens (tertiary/aromatic N) is 1. The molecule has 0 radical (unpaired) electrons. The summed E-state index contributed by atoms with van der Waals surface area (Å²) in [7, 11) is 0. The number of carbonyl (C=O) groups excluding carboxylic acids is 5. The van der Waals surface area contributed by atoms with Crippen LogP contribution < -0.4 is 21.7 Å². The van der Waals surface area contributed by atoms with E-state index < -0.39 is 53.3 Å². The number of aryl methyl sites for hydroxylation is 3. The number of nitrogen functional groups attached to an aromatic ring is 1. The number of carbonyl (C=O) groups is 6. The second kappa shape index (κ2) is 23.6. The Morgan fingerprint density at radius 3 is 1.49 bits per heavy atom. The number of rotatable bonds is 18. The third-order valence-electron chi connectivity index (χ3n) is 8.84. The summed E-state index contributed by atoms with van der Waals surface area (Å²) in [4.78, 5) is 77.7. The first-order valence-electron chi connectivity index (χ1n) is 19.9. The predicted octanol–water partition coefficient (Wildman–Crippen LogP) is 6.90. The molecule has 1 heterocycles. The molecule has 14 nitrogen and oxygen atoms in total. The number of amides is 3. The number of alkyl carbamates (subject to hydrolysis) is 2. The third-order valence-corrected chi connectivity index (χ3v) is 8.84. The van der Waals surface area contributed by atoms with Crippen LogP contribution in [0, 0.1) is 18.8 Å². The van der Waals surface area contributed by atoms with Crippen molar-refractivity contribution in [3.05, 3.63) is 95.2 Å². The van der Waals surface area contributed by atoms with Crippen molar-refractivity contribution >= 4 is 41.4 Å².